The van der Waals surface area contributed by atoms with Gasteiger partial charge in [-0.1, -0.05) is 125 Å². The SMILES string of the molecule is CC1(C)C2=C3C(CC=C2)C(C)(C)C2=c4c(c5cc(N(c6ccc(-c7ccccc7)cc6)c6cccc7ccccc67)cc1c5n43)=CCC2. The largest absolute Gasteiger partial charge is 0.312 e. The Labute approximate surface area is 282 Å². The zero-order chi connectivity index (χ0) is 32.4. The van der Waals surface area contributed by atoms with Crippen molar-refractivity contribution >= 4 is 56.1 Å². The maximum Gasteiger partial charge on any atom is 0.0580 e. The molecule has 2 aliphatic heterocycles. The number of hydrogen-bond donors (Lipinski definition) is 0. The lowest BCUT2D eigenvalue weighted by atomic mass is 9.61. The summed E-state index contributed by atoms with van der Waals surface area (Å²) in [7, 11) is 0. The van der Waals surface area contributed by atoms with Crippen LogP contribution in [-0.2, 0) is 5.41 Å². The number of allylic oxidation sites excluding steroid dienone is 4. The highest BCUT2D eigenvalue weighted by atomic mass is 15.1. The maximum atomic E-state index is 2.73. The van der Waals surface area contributed by atoms with Gasteiger partial charge < -0.3 is 9.47 Å². The van der Waals surface area contributed by atoms with E-state index in [1.54, 1.807) is 11.3 Å². The Kier molecular flexibility index (Phi) is 5.67. The summed E-state index contributed by atoms with van der Waals surface area (Å²) < 4.78 is 2.73. The highest BCUT2D eigenvalue weighted by Gasteiger charge is 2.48. The Morgan fingerprint density at radius 1 is 0.729 bits per heavy atom. The zero-order valence-electron chi connectivity index (χ0n) is 28.2. The number of benzene rings is 5. The number of hydrogen-bond acceptors (Lipinski definition) is 1. The molecular formula is C46H40N2. The van der Waals surface area contributed by atoms with Crippen molar-refractivity contribution in [2.75, 3.05) is 4.90 Å². The highest BCUT2D eigenvalue weighted by molar-refractivity contribution is 6.02. The lowest BCUT2D eigenvalue weighted by Gasteiger charge is -2.48. The molecule has 0 fully saturated rings. The summed E-state index contributed by atoms with van der Waals surface area (Å²) in [5, 5.41) is 6.83. The van der Waals surface area contributed by atoms with Gasteiger partial charge in [0.1, 0.15) is 0 Å². The summed E-state index contributed by atoms with van der Waals surface area (Å²) in [6, 6.07) is 40.4. The smallest absolute Gasteiger partial charge is 0.0580 e. The van der Waals surface area contributed by atoms with E-state index in [0.29, 0.717) is 5.92 Å². The van der Waals surface area contributed by atoms with E-state index < -0.39 is 0 Å². The van der Waals surface area contributed by atoms with Crippen LogP contribution >= 0.6 is 0 Å². The van der Waals surface area contributed by atoms with Crippen molar-refractivity contribution in [1.82, 2.24) is 4.57 Å². The van der Waals surface area contributed by atoms with Gasteiger partial charge in [0.25, 0.3) is 0 Å². The average Bonchev–Trinajstić information content (AvgIpc) is 3.45. The van der Waals surface area contributed by atoms with Crippen LogP contribution in [0.25, 0.3) is 50.1 Å². The summed E-state index contributed by atoms with van der Waals surface area (Å²) in [6.07, 6.45) is 10.8. The molecule has 3 heterocycles. The van der Waals surface area contributed by atoms with Gasteiger partial charge in [-0.15, -0.1) is 0 Å². The summed E-state index contributed by atoms with van der Waals surface area (Å²) in [6.45, 7) is 9.95. The topological polar surface area (TPSA) is 8.17 Å². The van der Waals surface area contributed by atoms with Crippen LogP contribution in [0.15, 0.2) is 127 Å². The molecular weight excluding hydrogens is 581 g/mol. The van der Waals surface area contributed by atoms with Crippen LogP contribution in [0.1, 0.15) is 52.5 Å². The van der Waals surface area contributed by atoms with Gasteiger partial charge in [-0.3, -0.25) is 0 Å². The fourth-order valence-electron chi connectivity index (χ4n) is 9.65. The summed E-state index contributed by atoms with van der Waals surface area (Å²) in [4.78, 5) is 2.51. The molecule has 10 rings (SSSR count). The molecule has 5 aromatic carbocycles. The van der Waals surface area contributed by atoms with E-state index in [1.807, 2.05) is 0 Å². The number of fused-ring (bicyclic) bond motifs is 2. The van der Waals surface area contributed by atoms with Crippen molar-refractivity contribution in [1.29, 1.82) is 0 Å². The first-order valence-corrected chi connectivity index (χ1v) is 17.6. The quantitative estimate of drug-likeness (QED) is 0.190. The molecule has 0 saturated carbocycles. The molecule has 1 atom stereocenters. The second-order valence-corrected chi connectivity index (χ2v) is 15.3. The van der Waals surface area contributed by atoms with Crippen molar-refractivity contribution in [2.24, 2.45) is 11.3 Å². The molecule has 4 aliphatic rings. The Morgan fingerprint density at radius 3 is 2.31 bits per heavy atom. The second kappa shape index (κ2) is 9.73. The third kappa shape index (κ3) is 3.64. The molecule has 234 valence electrons. The third-order valence-corrected chi connectivity index (χ3v) is 12.1. The predicted molar refractivity (Wildman–Crippen MR) is 203 cm³/mol. The Hall–Kier alpha value is -5.08. The average molecular weight is 621 g/mol. The van der Waals surface area contributed by atoms with E-state index in [-0.39, 0.29) is 10.8 Å². The number of rotatable bonds is 4. The number of aromatic nitrogens is 1. The number of anilines is 3. The molecule has 0 radical (unpaired) electrons. The lowest BCUT2D eigenvalue weighted by molar-refractivity contribution is 0.333. The van der Waals surface area contributed by atoms with Crippen LogP contribution in [-0.4, -0.2) is 4.57 Å². The minimum Gasteiger partial charge on any atom is -0.312 e. The molecule has 1 unspecified atom stereocenters. The Bertz CT molecular complexity index is 2510. The lowest BCUT2D eigenvalue weighted by Crippen LogP contribution is -2.48. The fraction of sp³-hybridized carbons (Fsp3) is 0.217. The van der Waals surface area contributed by atoms with Crippen molar-refractivity contribution in [3.63, 3.8) is 0 Å². The fourth-order valence-corrected chi connectivity index (χ4v) is 9.65. The molecule has 2 aliphatic carbocycles. The Balaban J connectivity index is 1.30. The van der Waals surface area contributed by atoms with Crippen LogP contribution in [0.2, 0.25) is 0 Å². The summed E-state index contributed by atoms with van der Waals surface area (Å²) in [5.41, 5.74) is 13.6. The van der Waals surface area contributed by atoms with Gasteiger partial charge in [0.05, 0.1) is 16.6 Å². The minimum absolute atomic E-state index is 0.130. The molecule has 0 N–H and O–H groups in total. The summed E-state index contributed by atoms with van der Waals surface area (Å²) in [5.74, 6) is 0.504. The maximum absolute atomic E-state index is 2.73. The van der Waals surface area contributed by atoms with Gasteiger partial charge in [0.2, 0.25) is 0 Å². The molecule has 48 heavy (non-hydrogen) atoms. The molecule has 2 nitrogen and oxygen atoms in total. The monoisotopic (exact) mass is 620 g/mol. The van der Waals surface area contributed by atoms with Crippen LogP contribution in [0.4, 0.5) is 17.1 Å². The zero-order valence-corrected chi connectivity index (χ0v) is 28.2. The van der Waals surface area contributed by atoms with Gasteiger partial charge in [0.15, 0.2) is 0 Å². The molecule has 0 spiro atoms. The molecule has 0 amide bonds. The van der Waals surface area contributed by atoms with Crippen LogP contribution < -0.4 is 15.5 Å². The minimum atomic E-state index is -0.134. The first-order chi connectivity index (χ1) is 23.3. The Morgan fingerprint density at radius 2 is 1.48 bits per heavy atom. The van der Waals surface area contributed by atoms with Crippen molar-refractivity contribution in [3.05, 3.63) is 143 Å². The molecule has 0 saturated heterocycles. The van der Waals surface area contributed by atoms with Gasteiger partial charge in [-0.05, 0) is 88.2 Å². The normalized spacial score (nSPS) is 19.5. The van der Waals surface area contributed by atoms with E-state index in [0.717, 1.165) is 19.3 Å². The summed E-state index contributed by atoms with van der Waals surface area (Å²) >= 11 is 0. The first-order valence-electron chi connectivity index (χ1n) is 17.6. The highest BCUT2D eigenvalue weighted by Crippen LogP contribution is 2.57. The molecule has 6 aromatic rings. The van der Waals surface area contributed by atoms with Crippen molar-refractivity contribution in [3.8, 4) is 11.1 Å². The number of nitrogens with zero attached hydrogens (tertiary/aromatic N) is 2. The van der Waals surface area contributed by atoms with E-state index in [1.165, 1.54) is 71.6 Å². The molecule has 2 heteroatoms. The van der Waals surface area contributed by atoms with Gasteiger partial charge in [-0.25, -0.2) is 0 Å². The van der Waals surface area contributed by atoms with Crippen LogP contribution in [0.3, 0.4) is 0 Å². The molecule has 1 aromatic heterocycles. The first kappa shape index (κ1) is 28.0. The van der Waals surface area contributed by atoms with Crippen molar-refractivity contribution < 1.29 is 0 Å². The molecule has 0 bridgehead atoms. The van der Waals surface area contributed by atoms with E-state index in [2.05, 4.69) is 165 Å². The standard InChI is InChI=1S/C46H40N2/c1-45(2)37-19-11-18-35-36-27-33(28-40-43(36)48(42(35)37)44-38(45)20-12-21-39(44)46(40,3)4)47(41-22-10-16-31-15-8-9-17-34(31)41)32-25-23-30(24-26-32)29-13-6-5-7-14-29/h5-10,12-18,21-28,38H,11,19-20H2,1-4H3. The van der Waals surface area contributed by atoms with E-state index >= 15 is 0 Å². The van der Waals surface area contributed by atoms with Crippen molar-refractivity contribution in [2.45, 2.75) is 52.4 Å². The van der Waals surface area contributed by atoms with Crippen LogP contribution in [0, 0.1) is 11.3 Å². The van der Waals surface area contributed by atoms with Gasteiger partial charge >= 0.3 is 0 Å². The van der Waals surface area contributed by atoms with Gasteiger partial charge in [0, 0.05) is 44.4 Å². The van der Waals surface area contributed by atoms with Gasteiger partial charge in [-0.2, -0.15) is 0 Å². The second-order valence-electron chi connectivity index (χ2n) is 15.3. The van der Waals surface area contributed by atoms with Crippen LogP contribution in [0.5, 0.6) is 0 Å². The predicted octanol–water partition coefficient (Wildman–Crippen LogP) is 10.8. The van der Waals surface area contributed by atoms with E-state index in [4.69, 9.17) is 0 Å². The van der Waals surface area contributed by atoms with E-state index in [9.17, 15) is 0 Å². The third-order valence-electron chi connectivity index (χ3n) is 12.1.